The number of hydrogen-bond acceptors (Lipinski definition) is 3. The number of fused-ring (bicyclic) bond motifs is 1. The van der Waals surface area contributed by atoms with Crippen molar-refractivity contribution in [1.29, 1.82) is 0 Å². The molecule has 2 N–H and O–H groups in total. The van der Waals surface area contributed by atoms with Crippen LogP contribution in [0.1, 0.15) is 41.0 Å². The van der Waals surface area contributed by atoms with Gasteiger partial charge >= 0.3 is 0 Å². The van der Waals surface area contributed by atoms with Crippen LogP contribution in [0.15, 0.2) is 30.3 Å². The maximum absolute atomic E-state index is 13.0. The molecule has 1 aliphatic heterocycles. The highest BCUT2D eigenvalue weighted by atomic mass is 16.2. The number of carbonyl (C=O) groups excluding carboxylic acids is 1. The summed E-state index contributed by atoms with van der Waals surface area (Å²) in [5.74, 6) is 0.0609. The average molecular weight is 310 g/mol. The molecule has 2 heterocycles. The lowest BCUT2D eigenvalue weighted by molar-refractivity contribution is 0.0733. The molecule has 0 bridgehead atoms. The number of hydrogen-bond donors (Lipinski definition) is 1. The Morgan fingerprint density at radius 3 is 2.83 bits per heavy atom. The molecular formula is C18H22N4O. The van der Waals surface area contributed by atoms with Crippen LogP contribution in [0, 0.1) is 0 Å². The molecule has 1 saturated heterocycles. The van der Waals surface area contributed by atoms with E-state index >= 15 is 0 Å². The standard InChI is InChI=1S/C18H22N4O/c19-12-14-8-5-11-21(14)18(23)17-15-9-4-10-16(15)22(20-17)13-6-2-1-3-7-13/h1-3,6-7,14H,4-5,8-12,19H2. The highest BCUT2D eigenvalue weighted by Crippen LogP contribution is 2.30. The number of nitrogens with two attached hydrogens (primary N) is 1. The second kappa shape index (κ2) is 5.81. The summed E-state index contributed by atoms with van der Waals surface area (Å²) < 4.78 is 1.96. The molecule has 1 fully saturated rings. The maximum Gasteiger partial charge on any atom is 0.274 e. The summed E-state index contributed by atoms with van der Waals surface area (Å²) in [4.78, 5) is 14.9. The zero-order valence-corrected chi connectivity index (χ0v) is 13.2. The molecule has 5 nitrogen and oxygen atoms in total. The molecule has 23 heavy (non-hydrogen) atoms. The smallest absolute Gasteiger partial charge is 0.274 e. The van der Waals surface area contributed by atoms with Crippen LogP contribution < -0.4 is 5.73 Å². The highest BCUT2D eigenvalue weighted by Gasteiger charge is 2.34. The van der Waals surface area contributed by atoms with Crippen molar-refractivity contribution in [3.8, 4) is 5.69 Å². The summed E-state index contributed by atoms with van der Waals surface area (Å²) in [6.07, 6.45) is 5.08. The first-order chi connectivity index (χ1) is 11.3. The van der Waals surface area contributed by atoms with Gasteiger partial charge in [0.1, 0.15) is 0 Å². The number of carbonyl (C=O) groups is 1. The fraction of sp³-hybridized carbons (Fsp3) is 0.444. The molecule has 0 radical (unpaired) electrons. The SMILES string of the molecule is NCC1CCCN1C(=O)c1nn(-c2ccccc2)c2c1CCC2. The van der Waals surface area contributed by atoms with Gasteiger partial charge in [0.2, 0.25) is 0 Å². The molecule has 1 aromatic carbocycles. The first-order valence-corrected chi connectivity index (χ1v) is 8.47. The molecular weight excluding hydrogens is 288 g/mol. The molecule has 1 aromatic heterocycles. The number of para-hydroxylation sites is 1. The minimum atomic E-state index is 0.0609. The Kier molecular flexibility index (Phi) is 3.65. The van der Waals surface area contributed by atoms with Gasteiger partial charge in [-0.15, -0.1) is 0 Å². The monoisotopic (exact) mass is 310 g/mol. The maximum atomic E-state index is 13.0. The zero-order valence-electron chi connectivity index (χ0n) is 13.2. The van der Waals surface area contributed by atoms with Gasteiger partial charge in [-0.1, -0.05) is 18.2 Å². The molecule has 2 aromatic rings. The van der Waals surface area contributed by atoms with Crippen LogP contribution in [0.2, 0.25) is 0 Å². The fourth-order valence-electron chi connectivity index (χ4n) is 3.88. The molecule has 0 spiro atoms. The minimum absolute atomic E-state index is 0.0609. The third kappa shape index (κ3) is 2.36. The Bertz CT molecular complexity index is 722. The molecule has 120 valence electrons. The lowest BCUT2D eigenvalue weighted by Gasteiger charge is -2.22. The molecule has 0 saturated carbocycles. The van der Waals surface area contributed by atoms with E-state index in [1.165, 1.54) is 5.69 Å². The van der Waals surface area contributed by atoms with E-state index in [1.54, 1.807) is 0 Å². The largest absolute Gasteiger partial charge is 0.333 e. The second-order valence-corrected chi connectivity index (χ2v) is 6.41. The van der Waals surface area contributed by atoms with Gasteiger partial charge in [-0.3, -0.25) is 4.79 Å². The Labute approximate surface area is 136 Å². The molecule has 2 aliphatic rings. The summed E-state index contributed by atoms with van der Waals surface area (Å²) in [6, 6.07) is 10.3. The van der Waals surface area contributed by atoms with Crippen molar-refractivity contribution in [2.75, 3.05) is 13.1 Å². The van der Waals surface area contributed by atoms with E-state index in [-0.39, 0.29) is 11.9 Å². The van der Waals surface area contributed by atoms with Crippen molar-refractivity contribution >= 4 is 5.91 Å². The summed E-state index contributed by atoms with van der Waals surface area (Å²) >= 11 is 0. The van der Waals surface area contributed by atoms with Crippen molar-refractivity contribution in [1.82, 2.24) is 14.7 Å². The van der Waals surface area contributed by atoms with Gasteiger partial charge in [-0.2, -0.15) is 5.10 Å². The predicted molar refractivity (Wildman–Crippen MR) is 88.7 cm³/mol. The van der Waals surface area contributed by atoms with Gasteiger partial charge in [-0.25, -0.2) is 4.68 Å². The highest BCUT2D eigenvalue weighted by molar-refractivity contribution is 5.94. The van der Waals surface area contributed by atoms with Gasteiger partial charge in [0.05, 0.1) is 5.69 Å². The third-order valence-corrected chi connectivity index (χ3v) is 5.04. The van der Waals surface area contributed by atoms with E-state index in [1.807, 2.05) is 39.9 Å². The van der Waals surface area contributed by atoms with Gasteiger partial charge in [-0.05, 0) is 44.2 Å². The van der Waals surface area contributed by atoms with E-state index < -0.39 is 0 Å². The van der Waals surface area contributed by atoms with Gasteiger partial charge in [0, 0.05) is 30.4 Å². The Morgan fingerprint density at radius 1 is 1.22 bits per heavy atom. The number of rotatable bonds is 3. The van der Waals surface area contributed by atoms with Gasteiger partial charge in [0.25, 0.3) is 5.91 Å². The normalized spacial score (nSPS) is 20.0. The van der Waals surface area contributed by atoms with Crippen LogP contribution in [-0.4, -0.2) is 39.7 Å². The van der Waals surface area contributed by atoms with Crippen LogP contribution in [0.5, 0.6) is 0 Å². The van der Waals surface area contributed by atoms with E-state index in [0.29, 0.717) is 12.2 Å². The van der Waals surface area contributed by atoms with E-state index in [4.69, 9.17) is 10.8 Å². The van der Waals surface area contributed by atoms with Crippen molar-refractivity contribution < 1.29 is 4.79 Å². The quantitative estimate of drug-likeness (QED) is 0.942. The zero-order chi connectivity index (χ0) is 15.8. The van der Waals surface area contributed by atoms with Crippen molar-refractivity contribution in [3.05, 3.63) is 47.3 Å². The van der Waals surface area contributed by atoms with Crippen molar-refractivity contribution in [2.45, 2.75) is 38.1 Å². The summed E-state index contributed by atoms with van der Waals surface area (Å²) in [6.45, 7) is 1.33. The Balaban J connectivity index is 1.74. The number of aromatic nitrogens is 2. The molecule has 1 amide bonds. The number of amides is 1. The van der Waals surface area contributed by atoms with Crippen LogP contribution >= 0.6 is 0 Å². The molecule has 1 atom stereocenters. The molecule has 1 aliphatic carbocycles. The topological polar surface area (TPSA) is 64.2 Å². The van der Waals surface area contributed by atoms with Gasteiger partial charge < -0.3 is 10.6 Å². The van der Waals surface area contributed by atoms with E-state index in [0.717, 1.165) is 49.9 Å². The van der Waals surface area contributed by atoms with Crippen molar-refractivity contribution in [3.63, 3.8) is 0 Å². The summed E-state index contributed by atoms with van der Waals surface area (Å²) in [7, 11) is 0. The average Bonchev–Trinajstić information content (AvgIpc) is 3.30. The second-order valence-electron chi connectivity index (χ2n) is 6.41. The first kappa shape index (κ1) is 14.5. The van der Waals surface area contributed by atoms with Crippen molar-refractivity contribution in [2.24, 2.45) is 5.73 Å². The predicted octanol–water partition coefficient (Wildman–Crippen LogP) is 1.92. The minimum Gasteiger partial charge on any atom is -0.333 e. The summed E-state index contributed by atoms with van der Waals surface area (Å²) in [5.41, 5.74) is 9.84. The number of benzene rings is 1. The lowest BCUT2D eigenvalue weighted by Crippen LogP contribution is -2.40. The van der Waals surface area contributed by atoms with Crippen LogP contribution in [0.3, 0.4) is 0 Å². The van der Waals surface area contributed by atoms with E-state index in [2.05, 4.69) is 0 Å². The van der Waals surface area contributed by atoms with Crippen LogP contribution in [0.25, 0.3) is 5.69 Å². The summed E-state index contributed by atoms with van der Waals surface area (Å²) in [5, 5.41) is 4.70. The van der Waals surface area contributed by atoms with Crippen LogP contribution in [0.4, 0.5) is 0 Å². The first-order valence-electron chi connectivity index (χ1n) is 8.47. The lowest BCUT2D eigenvalue weighted by atomic mass is 10.1. The fourth-order valence-corrected chi connectivity index (χ4v) is 3.88. The third-order valence-electron chi connectivity index (χ3n) is 5.04. The Hall–Kier alpha value is -2.14. The molecule has 1 unspecified atom stereocenters. The van der Waals surface area contributed by atoms with Crippen LogP contribution in [-0.2, 0) is 12.8 Å². The number of nitrogens with zero attached hydrogens (tertiary/aromatic N) is 3. The van der Waals surface area contributed by atoms with Gasteiger partial charge in [0.15, 0.2) is 5.69 Å². The number of likely N-dealkylation sites (tertiary alicyclic amines) is 1. The molecule has 4 rings (SSSR count). The van der Waals surface area contributed by atoms with E-state index in [9.17, 15) is 4.79 Å². The molecule has 5 heteroatoms. The Morgan fingerprint density at radius 2 is 2.04 bits per heavy atom.